The summed E-state index contributed by atoms with van der Waals surface area (Å²) in [5, 5.41) is 0. The lowest BCUT2D eigenvalue weighted by Gasteiger charge is -2.48. The predicted octanol–water partition coefficient (Wildman–Crippen LogP) is 13.6. The highest BCUT2D eigenvalue weighted by atomic mass is 15.2. The van der Waals surface area contributed by atoms with Crippen molar-refractivity contribution in [1.29, 1.82) is 0 Å². The summed E-state index contributed by atoms with van der Waals surface area (Å²) in [5.74, 6) is 0. The molecule has 2 aliphatic heterocycles. The summed E-state index contributed by atoms with van der Waals surface area (Å²) in [7, 11) is 0. The molecule has 326 valence electrons. The van der Waals surface area contributed by atoms with Gasteiger partial charge in [0.15, 0.2) is 0 Å². The molecular formula is C61H64BN3. The summed E-state index contributed by atoms with van der Waals surface area (Å²) >= 11 is 0. The Morgan fingerprint density at radius 2 is 1.00 bits per heavy atom. The summed E-state index contributed by atoms with van der Waals surface area (Å²) in [6.07, 6.45) is 4.23. The minimum Gasteiger partial charge on any atom is -0.342 e. The number of benzene rings is 6. The fraction of sp³-hybridized carbons (Fsp3) is 0.311. The molecule has 0 radical (unpaired) electrons. The molecule has 11 rings (SSSR count). The molecule has 0 unspecified atom stereocenters. The van der Waals surface area contributed by atoms with Gasteiger partial charge in [-0.1, -0.05) is 157 Å². The first-order valence-electron chi connectivity index (χ1n) is 24.2. The molecule has 6 aromatic carbocycles. The Labute approximate surface area is 389 Å². The summed E-state index contributed by atoms with van der Waals surface area (Å²) in [5.41, 5.74) is 28.2. The van der Waals surface area contributed by atoms with Crippen LogP contribution in [-0.2, 0) is 16.2 Å². The highest BCUT2D eigenvalue weighted by molar-refractivity contribution is 7.00. The Balaban J connectivity index is 1.27. The van der Waals surface area contributed by atoms with Crippen LogP contribution in [0.4, 0.5) is 28.4 Å². The number of hydrogen-bond donors (Lipinski definition) is 0. The molecule has 0 aromatic heterocycles. The van der Waals surface area contributed by atoms with E-state index in [0.717, 1.165) is 0 Å². The van der Waals surface area contributed by atoms with Gasteiger partial charge in [0.2, 0.25) is 0 Å². The second kappa shape index (κ2) is 14.0. The SMILES string of the molecule is C=CC=C1/C(=C(\C)N(c2cc3c4c(c2)N(C(C)C)c2c(ccc5c2-c2ccccc2C5(C)C)B4c2ccc4c(c2N3C(C)C)-c2ccccc2C4(C)C)C(C)C)c2ccccc2C1(C)C. The molecule has 65 heavy (non-hydrogen) atoms. The molecule has 0 bridgehead atoms. The van der Waals surface area contributed by atoms with Gasteiger partial charge >= 0.3 is 0 Å². The van der Waals surface area contributed by atoms with E-state index < -0.39 is 0 Å². The Kier molecular flexibility index (Phi) is 8.98. The largest absolute Gasteiger partial charge is 0.342 e. The second-order valence-electron chi connectivity index (χ2n) is 21.9. The number of fused-ring (bicyclic) bond motifs is 13. The minimum atomic E-state index is -0.162. The highest BCUT2D eigenvalue weighted by Crippen LogP contribution is 2.58. The van der Waals surface area contributed by atoms with Gasteiger partial charge in [0.05, 0.1) is 0 Å². The molecule has 0 saturated heterocycles. The Morgan fingerprint density at radius 1 is 0.569 bits per heavy atom. The molecule has 0 amide bonds. The van der Waals surface area contributed by atoms with Crippen LogP contribution in [-0.4, -0.2) is 24.8 Å². The van der Waals surface area contributed by atoms with Gasteiger partial charge in [-0.3, -0.25) is 0 Å². The van der Waals surface area contributed by atoms with E-state index in [-0.39, 0.29) is 41.1 Å². The van der Waals surface area contributed by atoms with Crippen LogP contribution in [0.3, 0.4) is 0 Å². The highest BCUT2D eigenvalue weighted by Gasteiger charge is 2.50. The first kappa shape index (κ1) is 41.7. The van der Waals surface area contributed by atoms with Crippen LogP contribution >= 0.6 is 0 Å². The molecule has 3 nitrogen and oxygen atoms in total. The smallest absolute Gasteiger partial charge is 0.252 e. The van der Waals surface area contributed by atoms with Gasteiger partial charge in [-0.2, -0.15) is 0 Å². The van der Waals surface area contributed by atoms with Crippen molar-refractivity contribution in [2.45, 2.75) is 124 Å². The van der Waals surface area contributed by atoms with E-state index in [1.54, 1.807) is 0 Å². The average molecular weight is 850 g/mol. The van der Waals surface area contributed by atoms with Gasteiger partial charge in [-0.05, 0) is 127 Å². The van der Waals surface area contributed by atoms with Crippen LogP contribution < -0.4 is 31.1 Å². The molecule has 4 heteroatoms. The molecule has 0 N–H and O–H groups in total. The molecular weight excluding hydrogens is 786 g/mol. The van der Waals surface area contributed by atoms with Crippen LogP contribution in [0.2, 0.25) is 0 Å². The fourth-order valence-corrected chi connectivity index (χ4v) is 13.5. The first-order valence-corrected chi connectivity index (χ1v) is 24.2. The zero-order valence-corrected chi connectivity index (χ0v) is 40.9. The van der Waals surface area contributed by atoms with Crippen molar-refractivity contribution < 1.29 is 0 Å². The minimum absolute atomic E-state index is 0.0444. The summed E-state index contributed by atoms with van der Waals surface area (Å²) in [6, 6.07) is 43.2. The molecule has 2 heterocycles. The molecule has 5 aliphatic rings. The average Bonchev–Trinajstić information content (AvgIpc) is 3.75. The maximum absolute atomic E-state index is 4.23. The molecule has 0 saturated carbocycles. The Bertz CT molecular complexity index is 2970. The van der Waals surface area contributed by atoms with E-state index >= 15 is 0 Å². The third-order valence-electron chi connectivity index (χ3n) is 16.2. The van der Waals surface area contributed by atoms with Crippen molar-refractivity contribution in [3.05, 3.63) is 173 Å². The third kappa shape index (κ3) is 5.37. The quantitative estimate of drug-likeness (QED) is 0.155. The van der Waals surface area contributed by atoms with Crippen molar-refractivity contribution in [3.8, 4) is 22.3 Å². The lowest BCUT2D eigenvalue weighted by molar-refractivity contribution is 0.659. The van der Waals surface area contributed by atoms with E-state index in [0.29, 0.717) is 0 Å². The van der Waals surface area contributed by atoms with Crippen LogP contribution in [0, 0.1) is 0 Å². The van der Waals surface area contributed by atoms with E-state index in [9.17, 15) is 0 Å². The van der Waals surface area contributed by atoms with Crippen LogP contribution in [0.15, 0.2) is 139 Å². The molecule has 0 fully saturated rings. The fourth-order valence-electron chi connectivity index (χ4n) is 13.5. The lowest BCUT2D eigenvalue weighted by Crippen LogP contribution is -2.63. The summed E-state index contributed by atoms with van der Waals surface area (Å²) in [6.45, 7) is 35.4. The van der Waals surface area contributed by atoms with Crippen molar-refractivity contribution in [3.63, 3.8) is 0 Å². The molecule has 6 aromatic rings. The number of nitrogens with zero attached hydrogens (tertiary/aromatic N) is 3. The Morgan fingerprint density at radius 3 is 1.43 bits per heavy atom. The standard InChI is InChI=1S/C61H64BN3/c1-15-22-46-53(40-23-16-19-26-43(40)59(46,9)10)38(8)63(35(2)3)39-33-51-56-52(34-39)65(37(6)7)58-50(32-30-48-55(58)42-25-18-21-28-45(42)61(48,13)14)62(56)49-31-29-47-54(57(49)64(51)36(4)5)41-24-17-20-27-44(41)60(47,11)12/h15-37H,1H2,2-14H3/b46-22?,53-38+. The topological polar surface area (TPSA) is 9.72 Å². The maximum atomic E-state index is 4.23. The zero-order chi connectivity index (χ0) is 45.8. The molecule has 0 spiro atoms. The second-order valence-corrected chi connectivity index (χ2v) is 21.9. The van der Waals surface area contributed by atoms with Gasteiger partial charge in [-0.25, -0.2) is 0 Å². The predicted molar refractivity (Wildman–Crippen MR) is 282 cm³/mol. The number of anilines is 5. The van der Waals surface area contributed by atoms with Crippen LogP contribution in [0.25, 0.3) is 27.8 Å². The van der Waals surface area contributed by atoms with Gasteiger partial charge in [-0.15, -0.1) is 0 Å². The van der Waals surface area contributed by atoms with Crippen molar-refractivity contribution >= 4 is 57.1 Å². The number of hydrogen-bond acceptors (Lipinski definition) is 3. The number of allylic oxidation sites excluding steroid dienone is 5. The first-order chi connectivity index (χ1) is 30.9. The van der Waals surface area contributed by atoms with Gasteiger partial charge < -0.3 is 14.7 Å². The monoisotopic (exact) mass is 850 g/mol. The van der Waals surface area contributed by atoms with Crippen molar-refractivity contribution in [2.75, 3.05) is 14.7 Å². The molecule has 0 atom stereocenters. The molecule has 3 aliphatic carbocycles. The van der Waals surface area contributed by atoms with E-state index in [1.165, 1.54) is 117 Å². The third-order valence-corrected chi connectivity index (χ3v) is 16.2. The van der Waals surface area contributed by atoms with Crippen LogP contribution in [0.5, 0.6) is 0 Å². The van der Waals surface area contributed by atoms with E-state index in [1.807, 2.05) is 6.08 Å². The lowest BCUT2D eigenvalue weighted by atomic mass is 9.33. The van der Waals surface area contributed by atoms with Gasteiger partial charge in [0.25, 0.3) is 6.71 Å². The normalized spacial score (nSPS) is 18.6. The zero-order valence-electron chi connectivity index (χ0n) is 40.9. The summed E-state index contributed by atoms with van der Waals surface area (Å²) in [4.78, 5) is 8.11. The number of rotatable bonds is 6. The van der Waals surface area contributed by atoms with Gasteiger partial charge in [0, 0.05) is 85.2 Å². The van der Waals surface area contributed by atoms with E-state index in [2.05, 4.69) is 227 Å². The van der Waals surface area contributed by atoms with Gasteiger partial charge in [0.1, 0.15) is 0 Å². The van der Waals surface area contributed by atoms with Crippen molar-refractivity contribution in [2.24, 2.45) is 0 Å². The van der Waals surface area contributed by atoms with Crippen molar-refractivity contribution in [1.82, 2.24) is 0 Å². The Hall–Kier alpha value is -6.00. The maximum Gasteiger partial charge on any atom is 0.252 e. The summed E-state index contributed by atoms with van der Waals surface area (Å²) < 4.78 is 0. The van der Waals surface area contributed by atoms with Crippen LogP contribution in [0.1, 0.15) is 123 Å². The van der Waals surface area contributed by atoms with E-state index in [4.69, 9.17) is 0 Å².